The van der Waals surface area contributed by atoms with E-state index in [1.807, 2.05) is 0 Å². The van der Waals surface area contributed by atoms with E-state index in [-0.39, 0.29) is 0 Å². The highest BCUT2D eigenvalue weighted by molar-refractivity contribution is 5.00. The van der Waals surface area contributed by atoms with Crippen LogP contribution in [-0.2, 0) is 0 Å². The van der Waals surface area contributed by atoms with Crippen LogP contribution < -0.4 is 5.32 Å². The first-order chi connectivity index (χ1) is 8.52. The number of nitrogens with zero attached hydrogens (tertiary/aromatic N) is 1. The van der Waals surface area contributed by atoms with E-state index in [0.717, 1.165) is 25.0 Å². The van der Waals surface area contributed by atoms with E-state index in [2.05, 4.69) is 44.6 Å². The van der Waals surface area contributed by atoms with Crippen LogP contribution >= 0.6 is 0 Å². The summed E-state index contributed by atoms with van der Waals surface area (Å²) in [4.78, 5) is 2.51. The van der Waals surface area contributed by atoms with Crippen molar-refractivity contribution in [1.29, 1.82) is 0 Å². The second-order valence-electron chi connectivity index (χ2n) is 6.28. The van der Waals surface area contributed by atoms with Crippen molar-refractivity contribution < 1.29 is 0 Å². The molecule has 1 saturated carbocycles. The third-order valence-corrected chi connectivity index (χ3v) is 4.25. The van der Waals surface area contributed by atoms with Crippen molar-refractivity contribution in [3.8, 4) is 0 Å². The molecule has 2 nitrogen and oxygen atoms in total. The molecule has 1 fully saturated rings. The van der Waals surface area contributed by atoms with Crippen LogP contribution in [0.1, 0.15) is 52.9 Å². The Labute approximate surface area is 114 Å². The highest BCUT2D eigenvalue weighted by Gasteiger charge is 2.22. The van der Waals surface area contributed by atoms with Crippen LogP contribution in [0.25, 0.3) is 0 Å². The van der Waals surface area contributed by atoms with Crippen molar-refractivity contribution in [3.63, 3.8) is 0 Å². The molecule has 1 rings (SSSR count). The van der Waals surface area contributed by atoms with E-state index in [1.54, 1.807) is 0 Å². The minimum Gasteiger partial charge on any atom is -0.311 e. The van der Waals surface area contributed by atoms with Crippen molar-refractivity contribution in [1.82, 2.24) is 10.2 Å². The Balaban J connectivity index is 2.24. The Morgan fingerprint density at radius 2 is 1.89 bits per heavy atom. The molecular weight excluding hydrogens is 220 g/mol. The lowest BCUT2D eigenvalue weighted by molar-refractivity contribution is 0.173. The van der Waals surface area contributed by atoms with Crippen LogP contribution in [0.2, 0.25) is 0 Å². The van der Waals surface area contributed by atoms with Gasteiger partial charge in [-0.3, -0.25) is 4.90 Å². The molecule has 1 aliphatic carbocycles. The number of nitrogens with one attached hydrogen (secondary N) is 1. The first kappa shape index (κ1) is 15.7. The molecule has 1 N–H and O–H groups in total. The van der Waals surface area contributed by atoms with Gasteiger partial charge >= 0.3 is 0 Å². The maximum absolute atomic E-state index is 4.19. The summed E-state index contributed by atoms with van der Waals surface area (Å²) in [6.07, 6.45) is 6.95. The van der Waals surface area contributed by atoms with Gasteiger partial charge in [0.1, 0.15) is 0 Å². The van der Waals surface area contributed by atoms with Crippen LogP contribution in [0.15, 0.2) is 12.2 Å². The van der Waals surface area contributed by atoms with E-state index in [0.29, 0.717) is 6.04 Å². The van der Waals surface area contributed by atoms with Gasteiger partial charge in [0.15, 0.2) is 0 Å². The molecule has 0 unspecified atom stereocenters. The van der Waals surface area contributed by atoms with E-state index in [4.69, 9.17) is 0 Å². The molecule has 1 aliphatic rings. The number of hydrogen-bond acceptors (Lipinski definition) is 2. The monoisotopic (exact) mass is 252 g/mol. The van der Waals surface area contributed by atoms with Gasteiger partial charge in [-0.25, -0.2) is 0 Å². The van der Waals surface area contributed by atoms with Crippen LogP contribution in [0, 0.1) is 5.92 Å². The predicted octanol–water partition coefficient (Wildman–Crippen LogP) is 3.44. The zero-order valence-corrected chi connectivity index (χ0v) is 12.8. The fourth-order valence-corrected chi connectivity index (χ4v) is 2.88. The Bertz CT molecular complexity index is 239. The zero-order chi connectivity index (χ0) is 13.5. The minimum absolute atomic E-state index is 0.548. The third-order valence-electron chi connectivity index (χ3n) is 4.25. The number of likely N-dealkylation sites (N-methyl/N-ethyl adjacent to an activating group) is 1. The summed E-state index contributed by atoms with van der Waals surface area (Å²) in [5.74, 6) is 0.987. The molecule has 0 aliphatic heterocycles. The topological polar surface area (TPSA) is 15.3 Å². The van der Waals surface area contributed by atoms with E-state index >= 15 is 0 Å². The van der Waals surface area contributed by atoms with Crippen LogP contribution in [-0.4, -0.2) is 37.1 Å². The predicted molar refractivity (Wildman–Crippen MR) is 80.9 cm³/mol. The van der Waals surface area contributed by atoms with Gasteiger partial charge in [0.05, 0.1) is 0 Å². The largest absolute Gasteiger partial charge is 0.311 e. The third kappa shape index (κ3) is 5.53. The molecular formula is C16H32N2. The second-order valence-corrected chi connectivity index (χ2v) is 6.28. The smallest absolute Gasteiger partial charge is 0.0202 e. The van der Waals surface area contributed by atoms with Crippen molar-refractivity contribution in [3.05, 3.63) is 12.2 Å². The standard InChI is InChI=1S/C16H32N2/c1-6-15-7-9-16(10-8-15)18(5)12-14(4)11-17-13(2)3/h13,15-17H,4,6-12H2,1-3,5H3. The van der Waals surface area contributed by atoms with Crippen molar-refractivity contribution >= 4 is 0 Å². The minimum atomic E-state index is 0.548. The lowest BCUT2D eigenvalue weighted by atomic mass is 9.84. The molecule has 0 heterocycles. The number of hydrogen-bond donors (Lipinski definition) is 1. The van der Waals surface area contributed by atoms with Crippen molar-refractivity contribution in [2.24, 2.45) is 5.92 Å². The molecule has 0 aromatic rings. The van der Waals surface area contributed by atoms with Gasteiger partial charge in [-0.05, 0) is 44.2 Å². The van der Waals surface area contributed by atoms with Gasteiger partial charge in [-0.15, -0.1) is 0 Å². The Kier molecular flexibility index (Phi) is 6.95. The van der Waals surface area contributed by atoms with Gasteiger partial charge in [-0.2, -0.15) is 0 Å². The van der Waals surface area contributed by atoms with Gasteiger partial charge in [0.25, 0.3) is 0 Å². The lowest BCUT2D eigenvalue weighted by Crippen LogP contribution is -2.38. The Morgan fingerprint density at radius 3 is 2.39 bits per heavy atom. The van der Waals surface area contributed by atoms with Crippen LogP contribution in [0.3, 0.4) is 0 Å². The first-order valence-corrected chi connectivity index (χ1v) is 7.63. The molecule has 18 heavy (non-hydrogen) atoms. The maximum Gasteiger partial charge on any atom is 0.0202 e. The first-order valence-electron chi connectivity index (χ1n) is 7.63. The Morgan fingerprint density at radius 1 is 1.28 bits per heavy atom. The van der Waals surface area contributed by atoms with Gasteiger partial charge in [0.2, 0.25) is 0 Å². The lowest BCUT2D eigenvalue weighted by Gasteiger charge is -2.35. The average Bonchev–Trinajstić information content (AvgIpc) is 2.36. The summed E-state index contributed by atoms with van der Waals surface area (Å²) >= 11 is 0. The molecule has 0 aromatic carbocycles. The Hall–Kier alpha value is -0.340. The molecule has 0 spiro atoms. The van der Waals surface area contributed by atoms with Gasteiger partial charge < -0.3 is 5.32 Å². The second kappa shape index (κ2) is 7.96. The molecule has 106 valence electrons. The van der Waals surface area contributed by atoms with E-state index < -0.39 is 0 Å². The summed E-state index contributed by atoms with van der Waals surface area (Å²) in [6, 6.07) is 1.33. The molecule has 0 bridgehead atoms. The summed E-state index contributed by atoms with van der Waals surface area (Å²) < 4.78 is 0. The molecule has 0 amide bonds. The van der Waals surface area contributed by atoms with E-state index in [9.17, 15) is 0 Å². The van der Waals surface area contributed by atoms with E-state index in [1.165, 1.54) is 37.7 Å². The summed E-state index contributed by atoms with van der Waals surface area (Å²) in [6.45, 7) is 12.9. The average molecular weight is 252 g/mol. The zero-order valence-electron chi connectivity index (χ0n) is 12.8. The molecule has 0 atom stereocenters. The SMILES string of the molecule is C=C(CNC(C)C)CN(C)C1CCC(CC)CC1. The fraction of sp³-hybridized carbons (Fsp3) is 0.875. The van der Waals surface area contributed by atoms with Crippen molar-refractivity contribution in [2.75, 3.05) is 20.1 Å². The highest BCUT2D eigenvalue weighted by Crippen LogP contribution is 2.29. The van der Waals surface area contributed by atoms with Gasteiger partial charge in [0, 0.05) is 25.2 Å². The van der Waals surface area contributed by atoms with Crippen molar-refractivity contribution in [2.45, 2.75) is 65.0 Å². The highest BCUT2D eigenvalue weighted by atomic mass is 15.1. The van der Waals surface area contributed by atoms with Crippen LogP contribution in [0.5, 0.6) is 0 Å². The van der Waals surface area contributed by atoms with Crippen LogP contribution in [0.4, 0.5) is 0 Å². The molecule has 0 radical (unpaired) electrons. The maximum atomic E-state index is 4.19. The molecule has 0 saturated heterocycles. The molecule has 2 heteroatoms. The quantitative estimate of drug-likeness (QED) is 0.698. The molecule has 0 aromatic heterocycles. The normalized spacial score (nSPS) is 24.8. The summed E-state index contributed by atoms with van der Waals surface area (Å²) in [5, 5.41) is 3.44. The summed E-state index contributed by atoms with van der Waals surface area (Å²) in [5.41, 5.74) is 1.31. The number of rotatable bonds is 7. The van der Waals surface area contributed by atoms with Gasteiger partial charge in [-0.1, -0.05) is 33.8 Å². The summed E-state index contributed by atoms with van der Waals surface area (Å²) in [7, 11) is 2.26. The fourth-order valence-electron chi connectivity index (χ4n) is 2.88.